The van der Waals surface area contributed by atoms with Gasteiger partial charge in [0.25, 0.3) is 0 Å². The van der Waals surface area contributed by atoms with Crippen LogP contribution in [0.25, 0.3) is 0 Å². The molecular formula is C18H20N2O. The van der Waals surface area contributed by atoms with Crippen LogP contribution in [0, 0.1) is 13.8 Å². The molecule has 1 unspecified atom stereocenters. The molecule has 0 radical (unpaired) electrons. The van der Waals surface area contributed by atoms with Crippen LogP contribution in [0.3, 0.4) is 0 Å². The zero-order valence-electron chi connectivity index (χ0n) is 12.4. The summed E-state index contributed by atoms with van der Waals surface area (Å²) in [6, 6.07) is 14.3. The van der Waals surface area contributed by atoms with Crippen LogP contribution >= 0.6 is 0 Å². The van der Waals surface area contributed by atoms with Crippen molar-refractivity contribution in [2.45, 2.75) is 32.2 Å². The maximum atomic E-state index is 12.2. The van der Waals surface area contributed by atoms with Gasteiger partial charge in [-0.05, 0) is 49.9 Å². The number of aryl methyl sites for hydroxylation is 3. The van der Waals surface area contributed by atoms with E-state index in [9.17, 15) is 4.79 Å². The van der Waals surface area contributed by atoms with Crippen molar-refractivity contribution in [3.63, 3.8) is 0 Å². The highest BCUT2D eigenvalue weighted by Gasteiger charge is 2.44. The number of benzene rings is 2. The summed E-state index contributed by atoms with van der Waals surface area (Å²) < 4.78 is 0. The van der Waals surface area contributed by atoms with Crippen LogP contribution in [0.15, 0.2) is 42.5 Å². The van der Waals surface area contributed by atoms with E-state index in [-0.39, 0.29) is 5.91 Å². The Hall–Kier alpha value is -2.29. The summed E-state index contributed by atoms with van der Waals surface area (Å²) in [5, 5.41) is 3.39. The normalized spacial score (nSPS) is 20.1. The Morgan fingerprint density at radius 3 is 2.43 bits per heavy atom. The first-order valence-corrected chi connectivity index (χ1v) is 7.26. The number of carbonyl (C=O) groups excluding carboxylic acids is 1. The number of rotatable bonds is 3. The van der Waals surface area contributed by atoms with Gasteiger partial charge in [0.15, 0.2) is 0 Å². The fourth-order valence-corrected chi connectivity index (χ4v) is 3.09. The number of fused-ring (bicyclic) bond motifs is 1. The highest BCUT2D eigenvalue weighted by atomic mass is 16.1. The lowest BCUT2D eigenvalue weighted by atomic mass is 9.89. The second-order valence-corrected chi connectivity index (χ2v) is 5.92. The Morgan fingerprint density at radius 1 is 1.10 bits per heavy atom. The first-order chi connectivity index (χ1) is 10.0. The topological polar surface area (TPSA) is 55.1 Å². The quantitative estimate of drug-likeness (QED) is 0.908. The standard InChI is InChI=1S/C18H20N2O/c1-12-4-7-15(8-5-12)20-18(17(19)21)10-9-14-6-3-13(2)11-16(14)18/h3-8,11,20H,9-10H2,1-2H3,(H2,19,21). The summed E-state index contributed by atoms with van der Waals surface area (Å²) in [6.07, 6.45) is 1.58. The van der Waals surface area contributed by atoms with Crippen molar-refractivity contribution in [3.05, 3.63) is 64.7 Å². The predicted octanol–water partition coefficient (Wildman–Crippen LogP) is 3.04. The molecule has 3 nitrogen and oxygen atoms in total. The summed E-state index contributed by atoms with van der Waals surface area (Å²) in [6.45, 7) is 4.08. The van der Waals surface area contributed by atoms with Gasteiger partial charge in [-0.1, -0.05) is 41.5 Å². The Bertz CT molecular complexity index is 691. The molecule has 0 aromatic heterocycles. The van der Waals surface area contributed by atoms with Crippen LogP contribution in [0.1, 0.15) is 28.7 Å². The smallest absolute Gasteiger partial charge is 0.247 e. The third-order valence-electron chi connectivity index (χ3n) is 4.32. The lowest BCUT2D eigenvalue weighted by Gasteiger charge is -2.29. The van der Waals surface area contributed by atoms with Gasteiger partial charge in [-0.2, -0.15) is 0 Å². The van der Waals surface area contributed by atoms with Crippen LogP contribution in [-0.4, -0.2) is 5.91 Å². The maximum absolute atomic E-state index is 12.2. The summed E-state index contributed by atoms with van der Waals surface area (Å²) in [7, 11) is 0. The van der Waals surface area contributed by atoms with Gasteiger partial charge in [0.1, 0.15) is 5.54 Å². The van der Waals surface area contributed by atoms with Crippen molar-refractivity contribution in [2.75, 3.05) is 5.32 Å². The SMILES string of the molecule is Cc1ccc(NC2(C(N)=O)CCc3ccc(C)cc32)cc1. The molecule has 3 N–H and O–H groups in total. The number of primary amides is 1. The van der Waals surface area contributed by atoms with E-state index in [0.717, 1.165) is 23.2 Å². The number of hydrogen-bond donors (Lipinski definition) is 2. The lowest BCUT2D eigenvalue weighted by Crippen LogP contribution is -2.46. The molecule has 0 aliphatic heterocycles. The minimum Gasteiger partial charge on any atom is -0.368 e. The molecule has 3 rings (SSSR count). The summed E-state index contributed by atoms with van der Waals surface area (Å²) in [4.78, 5) is 12.2. The van der Waals surface area contributed by atoms with E-state index in [1.54, 1.807) is 0 Å². The molecule has 1 atom stereocenters. The third kappa shape index (κ3) is 2.29. The van der Waals surface area contributed by atoms with Gasteiger partial charge in [0.2, 0.25) is 5.91 Å². The molecule has 2 aromatic rings. The summed E-state index contributed by atoms with van der Waals surface area (Å²) in [5.74, 6) is -0.313. The number of amides is 1. The highest BCUT2D eigenvalue weighted by Crippen LogP contribution is 2.40. The van der Waals surface area contributed by atoms with E-state index in [1.165, 1.54) is 11.1 Å². The molecule has 0 spiro atoms. The Morgan fingerprint density at radius 2 is 1.76 bits per heavy atom. The lowest BCUT2D eigenvalue weighted by molar-refractivity contribution is -0.122. The van der Waals surface area contributed by atoms with E-state index in [4.69, 9.17) is 5.73 Å². The van der Waals surface area contributed by atoms with Gasteiger partial charge in [0.05, 0.1) is 0 Å². The molecule has 0 saturated heterocycles. The van der Waals surface area contributed by atoms with E-state index in [0.29, 0.717) is 6.42 Å². The largest absolute Gasteiger partial charge is 0.368 e. The second-order valence-electron chi connectivity index (χ2n) is 5.92. The molecule has 1 amide bonds. The molecule has 0 fully saturated rings. The molecule has 3 heteroatoms. The van der Waals surface area contributed by atoms with E-state index < -0.39 is 5.54 Å². The van der Waals surface area contributed by atoms with Crippen molar-refractivity contribution in [2.24, 2.45) is 5.73 Å². The Balaban J connectivity index is 2.05. The molecule has 108 valence electrons. The van der Waals surface area contributed by atoms with Crippen LogP contribution in [0.4, 0.5) is 5.69 Å². The van der Waals surface area contributed by atoms with Crippen molar-refractivity contribution < 1.29 is 4.79 Å². The molecular weight excluding hydrogens is 260 g/mol. The monoisotopic (exact) mass is 280 g/mol. The van der Waals surface area contributed by atoms with E-state index in [1.807, 2.05) is 38.1 Å². The molecule has 2 aromatic carbocycles. The maximum Gasteiger partial charge on any atom is 0.247 e. The fraction of sp³-hybridized carbons (Fsp3) is 0.278. The minimum absolute atomic E-state index is 0.313. The summed E-state index contributed by atoms with van der Waals surface area (Å²) in [5.41, 5.74) is 10.5. The first kappa shape index (κ1) is 13.7. The fourth-order valence-electron chi connectivity index (χ4n) is 3.09. The molecule has 1 aliphatic rings. The first-order valence-electron chi connectivity index (χ1n) is 7.26. The van der Waals surface area contributed by atoms with Crippen molar-refractivity contribution >= 4 is 11.6 Å². The summed E-state index contributed by atoms with van der Waals surface area (Å²) >= 11 is 0. The van der Waals surface area contributed by atoms with Gasteiger partial charge < -0.3 is 11.1 Å². The highest BCUT2D eigenvalue weighted by molar-refractivity contribution is 5.91. The van der Waals surface area contributed by atoms with Crippen LogP contribution in [0.2, 0.25) is 0 Å². The molecule has 1 aliphatic carbocycles. The van der Waals surface area contributed by atoms with Crippen molar-refractivity contribution in [3.8, 4) is 0 Å². The number of carbonyl (C=O) groups is 1. The van der Waals surface area contributed by atoms with Gasteiger partial charge in [-0.25, -0.2) is 0 Å². The number of nitrogens with two attached hydrogens (primary N) is 1. The van der Waals surface area contributed by atoms with Gasteiger partial charge >= 0.3 is 0 Å². The molecule has 0 heterocycles. The van der Waals surface area contributed by atoms with Crippen LogP contribution in [-0.2, 0) is 16.8 Å². The average Bonchev–Trinajstić information content (AvgIpc) is 2.81. The van der Waals surface area contributed by atoms with Crippen molar-refractivity contribution in [1.82, 2.24) is 0 Å². The number of nitrogens with one attached hydrogen (secondary N) is 1. The van der Waals surface area contributed by atoms with Gasteiger partial charge in [-0.15, -0.1) is 0 Å². The number of hydrogen-bond acceptors (Lipinski definition) is 2. The zero-order chi connectivity index (χ0) is 15.0. The molecule has 0 saturated carbocycles. The van der Waals surface area contributed by atoms with Crippen LogP contribution < -0.4 is 11.1 Å². The van der Waals surface area contributed by atoms with E-state index in [2.05, 4.69) is 23.5 Å². The number of anilines is 1. The Kier molecular flexibility index (Phi) is 3.20. The molecule has 0 bridgehead atoms. The minimum atomic E-state index is -0.795. The molecule has 21 heavy (non-hydrogen) atoms. The van der Waals surface area contributed by atoms with Gasteiger partial charge in [0, 0.05) is 5.69 Å². The van der Waals surface area contributed by atoms with E-state index >= 15 is 0 Å². The average molecular weight is 280 g/mol. The predicted molar refractivity (Wildman–Crippen MR) is 85.2 cm³/mol. The zero-order valence-corrected chi connectivity index (χ0v) is 12.4. The second kappa shape index (κ2) is 4.92. The van der Waals surface area contributed by atoms with Crippen molar-refractivity contribution in [1.29, 1.82) is 0 Å². The van der Waals surface area contributed by atoms with Gasteiger partial charge in [-0.3, -0.25) is 4.79 Å². The Labute approximate surface area is 125 Å². The third-order valence-corrected chi connectivity index (χ3v) is 4.32. The van der Waals surface area contributed by atoms with Crippen LogP contribution in [0.5, 0.6) is 0 Å².